The van der Waals surface area contributed by atoms with E-state index in [9.17, 15) is 0 Å². The quantitative estimate of drug-likeness (QED) is 0.776. The van der Waals surface area contributed by atoms with Gasteiger partial charge in [-0.05, 0) is 50.8 Å². The second-order valence-corrected chi connectivity index (χ2v) is 6.34. The van der Waals surface area contributed by atoms with Crippen molar-refractivity contribution in [1.82, 2.24) is 9.80 Å². The molecule has 100 valence electrons. The summed E-state index contributed by atoms with van der Waals surface area (Å²) >= 11 is 1.94. The normalized spacial score (nSPS) is 28.9. The van der Waals surface area contributed by atoms with E-state index in [1.807, 2.05) is 11.8 Å². The molecule has 2 aliphatic heterocycles. The number of nitrogens with zero attached hydrogens (tertiary/aromatic N) is 2. The van der Waals surface area contributed by atoms with Gasteiger partial charge in [0.25, 0.3) is 0 Å². The fourth-order valence-corrected chi connectivity index (χ4v) is 3.72. The first-order valence-corrected chi connectivity index (χ1v) is 8.41. The highest BCUT2D eigenvalue weighted by molar-refractivity contribution is 7.98. The van der Waals surface area contributed by atoms with Crippen molar-refractivity contribution in [2.75, 3.05) is 44.7 Å². The minimum Gasteiger partial charge on any atom is -0.329 e. The van der Waals surface area contributed by atoms with Gasteiger partial charge in [-0.2, -0.15) is 11.8 Å². The third-order valence-electron chi connectivity index (χ3n) is 4.30. The molecule has 2 fully saturated rings. The first kappa shape index (κ1) is 13.7. The van der Waals surface area contributed by atoms with Crippen LogP contribution in [-0.4, -0.2) is 66.6 Å². The maximum Gasteiger partial charge on any atom is 0.0235 e. The minimum atomic E-state index is 0.620. The van der Waals surface area contributed by atoms with Crippen LogP contribution in [0, 0.1) is 0 Å². The van der Waals surface area contributed by atoms with Gasteiger partial charge in [-0.15, -0.1) is 0 Å². The van der Waals surface area contributed by atoms with Crippen molar-refractivity contribution in [2.24, 2.45) is 5.73 Å². The van der Waals surface area contributed by atoms with E-state index in [1.54, 1.807) is 0 Å². The Morgan fingerprint density at radius 2 is 2.06 bits per heavy atom. The van der Waals surface area contributed by atoms with Crippen LogP contribution in [0.25, 0.3) is 0 Å². The molecule has 0 saturated carbocycles. The Hall–Kier alpha value is 0.230. The van der Waals surface area contributed by atoms with Crippen molar-refractivity contribution in [1.29, 1.82) is 0 Å². The lowest BCUT2D eigenvalue weighted by molar-refractivity contribution is 0.199. The Bertz CT molecular complexity index is 219. The summed E-state index contributed by atoms with van der Waals surface area (Å²) in [7, 11) is 0. The number of likely N-dealkylation sites (tertiary alicyclic amines) is 2. The molecule has 4 heteroatoms. The summed E-state index contributed by atoms with van der Waals surface area (Å²) in [5.74, 6) is 1.24. The van der Waals surface area contributed by atoms with Gasteiger partial charge in [0.2, 0.25) is 0 Å². The molecule has 0 bridgehead atoms. The van der Waals surface area contributed by atoms with Crippen LogP contribution >= 0.6 is 11.8 Å². The maximum absolute atomic E-state index is 5.93. The molecule has 17 heavy (non-hydrogen) atoms. The molecule has 2 heterocycles. The van der Waals surface area contributed by atoms with Crippen LogP contribution in [0.2, 0.25) is 0 Å². The third-order valence-corrected chi connectivity index (χ3v) is 4.94. The topological polar surface area (TPSA) is 32.5 Å². The summed E-state index contributed by atoms with van der Waals surface area (Å²) in [4.78, 5) is 5.33. The van der Waals surface area contributed by atoms with Gasteiger partial charge < -0.3 is 5.73 Å². The highest BCUT2D eigenvalue weighted by atomic mass is 32.2. The molecule has 0 aromatic carbocycles. The lowest BCUT2D eigenvalue weighted by atomic mass is 10.2. The second kappa shape index (κ2) is 6.98. The molecule has 0 aromatic heterocycles. The number of hydrogen-bond acceptors (Lipinski definition) is 4. The number of thioether (sulfide) groups is 1. The maximum atomic E-state index is 5.93. The standard InChI is InChI=1S/C13H27N3S/c1-17-9-5-12(10-14)16-8-4-13(11-16)15-6-2-3-7-15/h12-13H,2-11,14H2,1H3. The zero-order valence-electron chi connectivity index (χ0n) is 11.1. The fraction of sp³-hybridized carbons (Fsp3) is 1.00. The Balaban J connectivity index is 1.78. The van der Waals surface area contributed by atoms with E-state index in [4.69, 9.17) is 5.73 Å². The molecule has 2 aliphatic rings. The van der Waals surface area contributed by atoms with Gasteiger partial charge in [0.15, 0.2) is 0 Å². The molecular weight excluding hydrogens is 230 g/mol. The smallest absolute Gasteiger partial charge is 0.0235 e. The Kier molecular flexibility index (Phi) is 5.60. The summed E-state index contributed by atoms with van der Waals surface area (Å²) in [6.07, 6.45) is 7.61. The fourth-order valence-electron chi connectivity index (χ4n) is 3.21. The lowest BCUT2D eigenvalue weighted by Crippen LogP contribution is -2.42. The van der Waals surface area contributed by atoms with Crippen molar-refractivity contribution >= 4 is 11.8 Å². The molecule has 3 nitrogen and oxygen atoms in total. The third kappa shape index (κ3) is 3.60. The molecule has 0 aromatic rings. The van der Waals surface area contributed by atoms with Gasteiger partial charge in [-0.1, -0.05) is 0 Å². The molecule has 0 spiro atoms. The van der Waals surface area contributed by atoms with Crippen LogP contribution in [0.4, 0.5) is 0 Å². The van der Waals surface area contributed by atoms with Gasteiger partial charge in [0.1, 0.15) is 0 Å². The van der Waals surface area contributed by atoms with Crippen molar-refractivity contribution in [3.8, 4) is 0 Å². The predicted octanol–water partition coefficient (Wildman–Crippen LogP) is 1.24. The molecule has 2 saturated heterocycles. The summed E-state index contributed by atoms with van der Waals surface area (Å²) in [6, 6.07) is 1.44. The average Bonchev–Trinajstić information content (AvgIpc) is 3.00. The zero-order valence-corrected chi connectivity index (χ0v) is 11.9. The largest absolute Gasteiger partial charge is 0.329 e. The van der Waals surface area contributed by atoms with E-state index in [-0.39, 0.29) is 0 Å². The van der Waals surface area contributed by atoms with E-state index >= 15 is 0 Å². The molecule has 2 unspecified atom stereocenters. The minimum absolute atomic E-state index is 0.620. The van der Waals surface area contributed by atoms with Crippen molar-refractivity contribution < 1.29 is 0 Å². The van der Waals surface area contributed by atoms with Crippen LogP contribution < -0.4 is 5.73 Å². The molecule has 0 aliphatic carbocycles. The monoisotopic (exact) mass is 257 g/mol. The number of rotatable bonds is 6. The van der Waals surface area contributed by atoms with Gasteiger partial charge in [0.05, 0.1) is 0 Å². The van der Waals surface area contributed by atoms with Crippen molar-refractivity contribution in [3.05, 3.63) is 0 Å². The zero-order chi connectivity index (χ0) is 12.1. The van der Waals surface area contributed by atoms with Crippen LogP contribution in [0.15, 0.2) is 0 Å². The SMILES string of the molecule is CSCCC(CN)N1CCC(N2CCCC2)C1. The molecule has 2 N–H and O–H groups in total. The van der Waals surface area contributed by atoms with Gasteiger partial charge in [-0.3, -0.25) is 9.80 Å². The van der Waals surface area contributed by atoms with E-state index < -0.39 is 0 Å². The van der Waals surface area contributed by atoms with Crippen LogP contribution in [0.1, 0.15) is 25.7 Å². The molecule has 0 radical (unpaired) electrons. The van der Waals surface area contributed by atoms with E-state index in [0.29, 0.717) is 6.04 Å². The van der Waals surface area contributed by atoms with E-state index in [2.05, 4.69) is 16.1 Å². The molecule has 2 atom stereocenters. The Labute approximate surface area is 110 Å². The van der Waals surface area contributed by atoms with Gasteiger partial charge in [0, 0.05) is 31.7 Å². The Morgan fingerprint density at radius 3 is 2.71 bits per heavy atom. The highest BCUT2D eigenvalue weighted by Crippen LogP contribution is 2.22. The lowest BCUT2D eigenvalue weighted by Gasteiger charge is -2.28. The summed E-state index contributed by atoms with van der Waals surface area (Å²) < 4.78 is 0. The second-order valence-electron chi connectivity index (χ2n) is 5.35. The van der Waals surface area contributed by atoms with Crippen LogP contribution in [0.3, 0.4) is 0 Å². The highest BCUT2D eigenvalue weighted by Gasteiger charge is 2.31. The van der Waals surface area contributed by atoms with Crippen LogP contribution in [-0.2, 0) is 0 Å². The summed E-state index contributed by atoms with van der Waals surface area (Å²) in [6.45, 7) is 6.01. The molecule has 0 amide bonds. The average molecular weight is 257 g/mol. The first-order chi connectivity index (χ1) is 8.35. The number of hydrogen-bond donors (Lipinski definition) is 1. The van der Waals surface area contributed by atoms with Gasteiger partial charge >= 0.3 is 0 Å². The summed E-state index contributed by atoms with van der Waals surface area (Å²) in [5, 5.41) is 0. The Morgan fingerprint density at radius 1 is 1.29 bits per heavy atom. The summed E-state index contributed by atoms with van der Waals surface area (Å²) in [5.41, 5.74) is 5.93. The predicted molar refractivity (Wildman–Crippen MR) is 76.6 cm³/mol. The van der Waals surface area contributed by atoms with E-state index in [1.165, 1.54) is 57.6 Å². The number of nitrogens with two attached hydrogens (primary N) is 1. The van der Waals surface area contributed by atoms with Crippen molar-refractivity contribution in [2.45, 2.75) is 37.8 Å². The first-order valence-electron chi connectivity index (χ1n) is 7.02. The van der Waals surface area contributed by atoms with Crippen LogP contribution in [0.5, 0.6) is 0 Å². The molecular formula is C13H27N3S. The van der Waals surface area contributed by atoms with Crippen molar-refractivity contribution in [3.63, 3.8) is 0 Å². The van der Waals surface area contributed by atoms with E-state index in [0.717, 1.165) is 12.6 Å². The molecule has 2 rings (SSSR count). The van der Waals surface area contributed by atoms with Gasteiger partial charge in [-0.25, -0.2) is 0 Å².